The van der Waals surface area contributed by atoms with Crippen molar-refractivity contribution >= 4 is 5.91 Å². The van der Waals surface area contributed by atoms with Gasteiger partial charge in [-0.25, -0.2) is 0 Å². The van der Waals surface area contributed by atoms with Gasteiger partial charge in [-0.3, -0.25) is 14.9 Å². The van der Waals surface area contributed by atoms with Crippen molar-refractivity contribution in [2.75, 3.05) is 7.11 Å². The normalized spacial score (nSPS) is 20.7. The maximum absolute atomic E-state index is 11.6. The average molecular weight is 266 g/mol. The molecule has 0 spiro atoms. The number of hydrogen-bond donors (Lipinski definition) is 2. The Kier molecular flexibility index (Phi) is 3.55. The molecule has 19 heavy (non-hydrogen) atoms. The van der Waals surface area contributed by atoms with Crippen LogP contribution in [-0.2, 0) is 11.3 Å². The molecule has 0 heterocycles. The zero-order chi connectivity index (χ0) is 14.0. The Labute approximate surface area is 109 Å². The Balaban J connectivity index is 1.89. The van der Waals surface area contributed by atoms with Crippen LogP contribution in [0.5, 0.6) is 11.5 Å². The Bertz CT molecular complexity index is 517. The van der Waals surface area contributed by atoms with Gasteiger partial charge in [0, 0.05) is 17.9 Å². The van der Waals surface area contributed by atoms with Crippen LogP contribution in [0.4, 0.5) is 0 Å². The van der Waals surface area contributed by atoms with E-state index in [9.17, 15) is 20.0 Å². The molecular weight excluding hydrogens is 252 g/mol. The Morgan fingerprint density at radius 2 is 2.37 bits per heavy atom. The number of ether oxygens (including phenoxy) is 1. The maximum atomic E-state index is 11.6. The van der Waals surface area contributed by atoms with Crippen LogP contribution in [0.3, 0.4) is 0 Å². The van der Waals surface area contributed by atoms with E-state index >= 15 is 0 Å². The Hall–Kier alpha value is -2.31. The highest BCUT2D eigenvalue weighted by Crippen LogP contribution is 2.33. The van der Waals surface area contributed by atoms with Crippen LogP contribution in [-0.4, -0.2) is 29.1 Å². The highest BCUT2D eigenvalue weighted by Gasteiger charge is 2.53. The number of benzene rings is 1. The fourth-order valence-corrected chi connectivity index (χ4v) is 1.85. The second kappa shape index (κ2) is 5.13. The van der Waals surface area contributed by atoms with Gasteiger partial charge in [0.15, 0.2) is 11.5 Å². The van der Waals surface area contributed by atoms with Crippen molar-refractivity contribution in [3.8, 4) is 11.5 Å². The molecule has 2 N–H and O–H groups in total. The number of nitrogens with zero attached hydrogens (tertiary/aromatic N) is 1. The van der Waals surface area contributed by atoms with E-state index in [-0.39, 0.29) is 18.2 Å². The van der Waals surface area contributed by atoms with Crippen LogP contribution in [0.15, 0.2) is 18.2 Å². The summed E-state index contributed by atoms with van der Waals surface area (Å²) in [7, 11) is 1.43. The highest BCUT2D eigenvalue weighted by molar-refractivity contribution is 5.81. The minimum Gasteiger partial charge on any atom is -0.504 e. The Morgan fingerprint density at radius 1 is 1.63 bits per heavy atom. The van der Waals surface area contributed by atoms with Crippen molar-refractivity contribution in [1.29, 1.82) is 0 Å². The molecule has 1 fully saturated rings. The minimum absolute atomic E-state index is 0.0215. The SMILES string of the molecule is COc1cc(CNC(=O)[C@@H]2C[C@H]2[N+](=O)[O-])ccc1O. The van der Waals surface area contributed by atoms with Gasteiger partial charge in [0.1, 0.15) is 5.92 Å². The lowest BCUT2D eigenvalue weighted by atomic mass is 10.2. The van der Waals surface area contributed by atoms with Crippen LogP contribution in [0.1, 0.15) is 12.0 Å². The van der Waals surface area contributed by atoms with Gasteiger partial charge in [-0.1, -0.05) is 6.07 Å². The highest BCUT2D eigenvalue weighted by atomic mass is 16.6. The third kappa shape index (κ3) is 2.93. The first kappa shape index (κ1) is 13.1. The zero-order valence-corrected chi connectivity index (χ0v) is 10.3. The smallest absolute Gasteiger partial charge is 0.230 e. The summed E-state index contributed by atoms with van der Waals surface area (Å²) in [5, 5.41) is 22.5. The van der Waals surface area contributed by atoms with E-state index in [1.165, 1.54) is 13.2 Å². The molecule has 0 aromatic heterocycles. The van der Waals surface area contributed by atoms with Gasteiger partial charge in [-0.2, -0.15) is 0 Å². The number of phenols is 1. The molecule has 2 atom stereocenters. The van der Waals surface area contributed by atoms with Crippen molar-refractivity contribution in [3.63, 3.8) is 0 Å². The summed E-state index contributed by atoms with van der Waals surface area (Å²) in [4.78, 5) is 21.6. The lowest BCUT2D eigenvalue weighted by Crippen LogP contribution is -2.26. The van der Waals surface area contributed by atoms with Crippen molar-refractivity contribution in [2.24, 2.45) is 5.92 Å². The first-order chi connectivity index (χ1) is 9.02. The molecule has 1 amide bonds. The number of nitrogens with one attached hydrogen (secondary N) is 1. The summed E-state index contributed by atoms with van der Waals surface area (Å²) in [5.41, 5.74) is 0.751. The van der Waals surface area contributed by atoms with Crippen LogP contribution >= 0.6 is 0 Å². The topological polar surface area (TPSA) is 102 Å². The molecule has 0 bridgehead atoms. The third-order valence-corrected chi connectivity index (χ3v) is 3.08. The summed E-state index contributed by atoms with van der Waals surface area (Å²) in [6.07, 6.45) is 0.303. The van der Waals surface area contributed by atoms with Crippen LogP contribution in [0, 0.1) is 16.0 Å². The number of carbonyl (C=O) groups excluding carboxylic acids is 1. The van der Waals surface area contributed by atoms with Gasteiger partial charge in [-0.05, 0) is 17.7 Å². The summed E-state index contributed by atoms with van der Waals surface area (Å²) < 4.78 is 4.95. The molecule has 1 aromatic carbocycles. The number of phenolic OH excluding ortho intramolecular Hbond substituents is 1. The van der Waals surface area contributed by atoms with E-state index in [1.54, 1.807) is 12.1 Å². The lowest BCUT2D eigenvalue weighted by molar-refractivity contribution is -0.497. The average Bonchev–Trinajstić information content (AvgIpc) is 3.17. The summed E-state index contributed by atoms with van der Waals surface area (Å²) in [5.74, 6) is -0.489. The van der Waals surface area contributed by atoms with Gasteiger partial charge in [-0.15, -0.1) is 0 Å². The fraction of sp³-hybridized carbons (Fsp3) is 0.417. The lowest BCUT2D eigenvalue weighted by Gasteiger charge is -2.07. The molecule has 0 unspecified atom stereocenters. The number of nitro groups is 1. The van der Waals surface area contributed by atoms with Crippen molar-refractivity contribution in [1.82, 2.24) is 5.32 Å². The van der Waals surface area contributed by atoms with Gasteiger partial charge in [0.05, 0.1) is 7.11 Å². The van der Waals surface area contributed by atoms with E-state index in [0.717, 1.165) is 5.56 Å². The van der Waals surface area contributed by atoms with E-state index in [2.05, 4.69) is 5.32 Å². The molecule has 7 nitrogen and oxygen atoms in total. The number of hydrogen-bond acceptors (Lipinski definition) is 5. The predicted molar refractivity (Wildman–Crippen MR) is 65.4 cm³/mol. The molecule has 0 radical (unpaired) electrons. The monoisotopic (exact) mass is 266 g/mol. The molecule has 2 rings (SSSR count). The van der Waals surface area contributed by atoms with Gasteiger partial charge in [0.25, 0.3) is 0 Å². The molecule has 102 valence electrons. The summed E-state index contributed by atoms with van der Waals surface area (Å²) in [6, 6.07) is 3.98. The van der Waals surface area contributed by atoms with Crippen LogP contribution < -0.4 is 10.1 Å². The quantitative estimate of drug-likeness (QED) is 0.602. The summed E-state index contributed by atoms with van der Waals surface area (Å²) in [6.45, 7) is 0.246. The largest absolute Gasteiger partial charge is 0.504 e. The molecule has 1 aromatic rings. The zero-order valence-electron chi connectivity index (χ0n) is 10.3. The third-order valence-electron chi connectivity index (χ3n) is 3.08. The molecule has 7 heteroatoms. The maximum Gasteiger partial charge on any atom is 0.230 e. The van der Waals surface area contributed by atoms with Crippen molar-refractivity contribution in [2.45, 2.75) is 19.0 Å². The number of aromatic hydroxyl groups is 1. The van der Waals surface area contributed by atoms with Gasteiger partial charge < -0.3 is 15.2 Å². The molecule has 0 aliphatic heterocycles. The van der Waals surface area contributed by atoms with Gasteiger partial charge >= 0.3 is 0 Å². The number of rotatable bonds is 5. The van der Waals surface area contributed by atoms with E-state index < -0.39 is 16.9 Å². The standard InChI is InChI=1S/C12H14N2O5/c1-19-11-4-7(2-3-10(11)15)6-13-12(16)8-5-9(8)14(17)18/h2-4,8-9,15H,5-6H2,1H3,(H,13,16)/t8-,9-/m1/s1. The number of carbonyl (C=O) groups is 1. The van der Waals surface area contributed by atoms with E-state index in [4.69, 9.17) is 4.74 Å². The molecule has 1 saturated carbocycles. The van der Waals surface area contributed by atoms with Crippen molar-refractivity contribution < 1.29 is 19.6 Å². The summed E-state index contributed by atoms with van der Waals surface area (Å²) >= 11 is 0. The van der Waals surface area contributed by atoms with Gasteiger partial charge in [0.2, 0.25) is 11.9 Å². The second-order valence-electron chi connectivity index (χ2n) is 4.42. The van der Waals surface area contributed by atoms with Crippen molar-refractivity contribution in [3.05, 3.63) is 33.9 Å². The molecule has 0 saturated heterocycles. The van der Waals surface area contributed by atoms with Crippen LogP contribution in [0.2, 0.25) is 0 Å². The fourth-order valence-electron chi connectivity index (χ4n) is 1.85. The van der Waals surface area contributed by atoms with E-state index in [0.29, 0.717) is 12.2 Å². The minimum atomic E-state index is -0.741. The molecular formula is C12H14N2O5. The number of methoxy groups -OCH3 is 1. The number of amides is 1. The molecule has 1 aliphatic rings. The Morgan fingerprint density at radius 3 is 2.95 bits per heavy atom. The predicted octanol–water partition coefficient (Wildman–Crippen LogP) is 0.682. The molecule has 1 aliphatic carbocycles. The first-order valence-electron chi connectivity index (χ1n) is 5.80. The van der Waals surface area contributed by atoms with E-state index in [1.807, 2.05) is 0 Å². The van der Waals surface area contributed by atoms with Crippen LogP contribution in [0.25, 0.3) is 0 Å². The first-order valence-corrected chi connectivity index (χ1v) is 5.80. The second-order valence-corrected chi connectivity index (χ2v) is 4.42.